The van der Waals surface area contributed by atoms with Crippen molar-refractivity contribution in [3.8, 4) is 0 Å². The summed E-state index contributed by atoms with van der Waals surface area (Å²) in [6.45, 7) is 3.20. The second-order valence-electron chi connectivity index (χ2n) is 4.91. The SMILES string of the molecule is COC(=O)C(C)(C)NC1C(=O)Nc2ccc(F)cc21. The molecule has 1 heterocycles. The molecule has 2 N–H and O–H groups in total. The van der Waals surface area contributed by atoms with Crippen LogP contribution in [0.2, 0.25) is 0 Å². The molecule has 19 heavy (non-hydrogen) atoms. The minimum atomic E-state index is -1.05. The Morgan fingerprint density at radius 2 is 2.16 bits per heavy atom. The van der Waals surface area contributed by atoms with Crippen molar-refractivity contribution in [1.29, 1.82) is 0 Å². The molecule has 1 amide bonds. The molecule has 1 aliphatic heterocycles. The van der Waals surface area contributed by atoms with Gasteiger partial charge in [0.05, 0.1) is 7.11 Å². The molecule has 6 heteroatoms. The first-order valence-corrected chi connectivity index (χ1v) is 5.81. The van der Waals surface area contributed by atoms with Crippen molar-refractivity contribution in [1.82, 2.24) is 5.32 Å². The number of rotatable bonds is 3. The van der Waals surface area contributed by atoms with Crippen molar-refractivity contribution in [2.45, 2.75) is 25.4 Å². The third kappa shape index (κ3) is 2.44. The van der Waals surface area contributed by atoms with E-state index in [9.17, 15) is 14.0 Å². The lowest BCUT2D eigenvalue weighted by molar-refractivity contribution is -0.147. The first-order valence-electron chi connectivity index (χ1n) is 5.81. The van der Waals surface area contributed by atoms with Crippen molar-refractivity contribution >= 4 is 17.6 Å². The lowest BCUT2D eigenvalue weighted by Gasteiger charge is -2.26. The molecule has 0 bridgehead atoms. The molecule has 0 saturated carbocycles. The largest absolute Gasteiger partial charge is 0.468 e. The van der Waals surface area contributed by atoms with E-state index in [4.69, 9.17) is 0 Å². The van der Waals surface area contributed by atoms with Gasteiger partial charge in [0.2, 0.25) is 5.91 Å². The molecule has 0 saturated heterocycles. The Bertz CT molecular complexity index is 543. The molecule has 1 aromatic rings. The minimum absolute atomic E-state index is 0.322. The lowest BCUT2D eigenvalue weighted by Crippen LogP contribution is -2.50. The van der Waals surface area contributed by atoms with Crippen molar-refractivity contribution in [3.05, 3.63) is 29.6 Å². The zero-order valence-electron chi connectivity index (χ0n) is 10.9. The van der Waals surface area contributed by atoms with Gasteiger partial charge in [0.25, 0.3) is 0 Å². The maximum absolute atomic E-state index is 13.3. The second kappa shape index (κ2) is 4.62. The fraction of sp³-hybridized carbons (Fsp3) is 0.385. The highest BCUT2D eigenvalue weighted by atomic mass is 19.1. The van der Waals surface area contributed by atoms with Crippen LogP contribution < -0.4 is 10.6 Å². The number of carbonyl (C=O) groups is 2. The number of fused-ring (bicyclic) bond motifs is 1. The van der Waals surface area contributed by atoms with E-state index < -0.39 is 23.4 Å². The number of hydrogen-bond acceptors (Lipinski definition) is 4. The van der Waals surface area contributed by atoms with Gasteiger partial charge >= 0.3 is 5.97 Å². The first-order chi connectivity index (χ1) is 8.85. The van der Waals surface area contributed by atoms with E-state index in [1.165, 1.54) is 25.3 Å². The minimum Gasteiger partial charge on any atom is -0.468 e. The van der Waals surface area contributed by atoms with E-state index in [0.29, 0.717) is 11.3 Å². The summed E-state index contributed by atoms with van der Waals surface area (Å²) in [4.78, 5) is 23.5. The van der Waals surface area contributed by atoms with Gasteiger partial charge in [-0.25, -0.2) is 4.39 Å². The first kappa shape index (κ1) is 13.5. The van der Waals surface area contributed by atoms with Crippen molar-refractivity contribution in [3.63, 3.8) is 0 Å². The number of amides is 1. The predicted molar refractivity (Wildman–Crippen MR) is 67.0 cm³/mol. The Labute approximate surface area is 110 Å². The van der Waals surface area contributed by atoms with Crippen LogP contribution in [-0.2, 0) is 14.3 Å². The predicted octanol–water partition coefficient (Wildman–Crippen LogP) is 1.36. The van der Waals surface area contributed by atoms with Gasteiger partial charge in [0.15, 0.2) is 0 Å². The van der Waals surface area contributed by atoms with Gasteiger partial charge in [-0.3, -0.25) is 14.9 Å². The maximum Gasteiger partial charge on any atom is 0.325 e. The van der Waals surface area contributed by atoms with Crippen molar-refractivity contribution in [2.24, 2.45) is 0 Å². The fourth-order valence-corrected chi connectivity index (χ4v) is 2.05. The summed E-state index contributed by atoms with van der Waals surface area (Å²) >= 11 is 0. The molecule has 0 aromatic heterocycles. The molecule has 1 aromatic carbocycles. The number of anilines is 1. The topological polar surface area (TPSA) is 67.4 Å². The van der Waals surface area contributed by atoms with Crippen LogP contribution in [0.25, 0.3) is 0 Å². The van der Waals surface area contributed by atoms with Gasteiger partial charge in [-0.15, -0.1) is 0 Å². The summed E-state index contributed by atoms with van der Waals surface area (Å²) in [6, 6.07) is 3.26. The van der Waals surface area contributed by atoms with Gasteiger partial charge < -0.3 is 10.1 Å². The molecule has 1 unspecified atom stereocenters. The van der Waals surface area contributed by atoms with Crippen LogP contribution in [-0.4, -0.2) is 24.5 Å². The van der Waals surface area contributed by atoms with Crippen LogP contribution in [0.3, 0.4) is 0 Å². The highest BCUT2D eigenvalue weighted by Crippen LogP contribution is 2.32. The number of hydrogen-bond donors (Lipinski definition) is 2. The number of benzene rings is 1. The van der Waals surface area contributed by atoms with Gasteiger partial charge in [-0.1, -0.05) is 0 Å². The van der Waals surface area contributed by atoms with Gasteiger partial charge in [0, 0.05) is 11.3 Å². The molecular formula is C13H15FN2O3. The average molecular weight is 266 g/mol. The molecule has 102 valence electrons. The van der Waals surface area contributed by atoms with Crippen LogP contribution in [0.4, 0.5) is 10.1 Å². The Morgan fingerprint density at radius 1 is 1.47 bits per heavy atom. The normalized spacial score (nSPS) is 17.9. The van der Waals surface area contributed by atoms with Crippen LogP contribution in [0.15, 0.2) is 18.2 Å². The van der Waals surface area contributed by atoms with Gasteiger partial charge in [-0.2, -0.15) is 0 Å². The lowest BCUT2D eigenvalue weighted by atomic mass is 10.0. The van der Waals surface area contributed by atoms with E-state index in [1.807, 2.05) is 0 Å². The van der Waals surface area contributed by atoms with Gasteiger partial charge in [0.1, 0.15) is 17.4 Å². The Balaban J connectivity index is 2.30. The van der Waals surface area contributed by atoms with E-state index >= 15 is 0 Å². The van der Waals surface area contributed by atoms with Crippen LogP contribution >= 0.6 is 0 Å². The highest BCUT2D eigenvalue weighted by molar-refractivity contribution is 6.03. The van der Waals surface area contributed by atoms with E-state index in [0.717, 1.165) is 0 Å². The van der Waals surface area contributed by atoms with E-state index in [-0.39, 0.29) is 5.91 Å². The summed E-state index contributed by atoms with van der Waals surface area (Å²) in [7, 11) is 1.27. The molecule has 1 atom stereocenters. The zero-order chi connectivity index (χ0) is 14.2. The number of nitrogens with one attached hydrogen (secondary N) is 2. The number of ether oxygens (including phenoxy) is 1. The third-order valence-corrected chi connectivity index (χ3v) is 3.05. The summed E-state index contributed by atoms with van der Waals surface area (Å²) in [6.07, 6.45) is 0. The summed E-state index contributed by atoms with van der Waals surface area (Å²) < 4.78 is 17.9. The van der Waals surface area contributed by atoms with E-state index in [1.54, 1.807) is 13.8 Å². The molecule has 5 nitrogen and oxygen atoms in total. The highest BCUT2D eigenvalue weighted by Gasteiger charge is 2.38. The zero-order valence-corrected chi connectivity index (χ0v) is 10.9. The number of halogens is 1. The molecule has 0 fully saturated rings. The van der Waals surface area contributed by atoms with Crippen molar-refractivity contribution in [2.75, 3.05) is 12.4 Å². The average Bonchev–Trinajstić information content (AvgIpc) is 2.64. The molecule has 1 aliphatic rings. The van der Waals surface area contributed by atoms with Crippen LogP contribution in [0, 0.1) is 5.82 Å². The number of methoxy groups -OCH3 is 1. The molecule has 2 rings (SSSR count). The third-order valence-electron chi connectivity index (χ3n) is 3.05. The van der Waals surface area contributed by atoms with Gasteiger partial charge in [-0.05, 0) is 32.0 Å². The molecular weight excluding hydrogens is 251 g/mol. The Kier molecular flexibility index (Phi) is 3.28. The van der Waals surface area contributed by atoms with Crippen LogP contribution in [0.5, 0.6) is 0 Å². The summed E-state index contributed by atoms with van der Waals surface area (Å²) in [5.74, 6) is -1.25. The second-order valence-corrected chi connectivity index (χ2v) is 4.91. The van der Waals surface area contributed by atoms with Crippen LogP contribution in [0.1, 0.15) is 25.5 Å². The number of esters is 1. The maximum atomic E-state index is 13.3. The summed E-state index contributed by atoms with van der Waals surface area (Å²) in [5, 5.41) is 5.52. The monoisotopic (exact) mass is 266 g/mol. The smallest absolute Gasteiger partial charge is 0.325 e. The molecule has 0 aliphatic carbocycles. The summed E-state index contributed by atoms with van der Waals surface area (Å²) in [5.41, 5.74) is -0.0171. The van der Waals surface area contributed by atoms with Crippen molar-refractivity contribution < 1.29 is 18.7 Å². The Morgan fingerprint density at radius 3 is 2.79 bits per heavy atom. The molecule has 0 spiro atoms. The quantitative estimate of drug-likeness (QED) is 0.811. The number of carbonyl (C=O) groups excluding carboxylic acids is 2. The standard InChI is InChI=1S/C13H15FN2O3/c1-13(2,12(18)19-3)16-10-8-6-7(14)4-5-9(8)15-11(10)17/h4-6,10,16H,1-3H3,(H,15,17). The Hall–Kier alpha value is -1.95. The molecule has 0 radical (unpaired) electrons. The fourth-order valence-electron chi connectivity index (χ4n) is 2.05. The van der Waals surface area contributed by atoms with E-state index in [2.05, 4.69) is 15.4 Å².